The Hall–Kier alpha value is -2.29. The van der Waals surface area contributed by atoms with Crippen LogP contribution >= 0.6 is 13.5 Å². The molecule has 0 saturated carbocycles. The molecule has 3 aromatic carbocycles. The van der Waals surface area contributed by atoms with Crippen LogP contribution in [0, 0.1) is 0 Å². The molecular formula is C23H25F3O3S2. The summed E-state index contributed by atoms with van der Waals surface area (Å²) < 4.78 is 57.5. The number of alkyl halides is 3. The van der Waals surface area contributed by atoms with Crippen molar-refractivity contribution in [2.24, 2.45) is 0 Å². The van der Waals surface area contributed by atoms with Crippen molar-refractivity contribution in [1.29, 1.82) is 0 Å². The fourth-order valence-electron chi connectivity index (χ4n) is 2.86. The Morgan fingerprint density at radius 1 is 0.677 bits per heavy atom. The van der Waals surface area contributed by atoms with Gasteiger partial charge in [-0.05, 0) is 33.2 Å². The lowest BCUT2D eigenvalue weighted by Gasteiger charge is -2.23. The molecule has 0 aromatic heterocycles. The lowest BCUT2D eigenvalue weighted by Crippen LogP contribution is -2.21. The van der Waals surface area contributed by atoms with Gasteiger partial charge < -0.3 is 0 Å². The highest BCUT2D eigenvalue weighted by Crippen LogP contribution is 2.33. The minimum atomic E-state index is -5.84. The van der Waals surface area contributed by atoms with Gasteiger partial charge in [-0.25, -0.2) is 0 Å². The lowest BCUT2D eigenvalue weighted by atomic mass is 9.82. The molecule has 3 rings (SSSR count). The van der Waals surface area contributed by atoms with E-state index in [0.717, 1.165) is 0 Å². The number of rotatable bonds is 2. The van der Waals surface area contributed by atoms with E-state index in [9.17, 15) is 13.2 Å². The zero-order valence-electron chi connectivity index (χ0n) is 17.3. The third-order valence-electron chi connectivity index (χ3n) is 4.33. The van der Waals surface area contributed by atoms with Gasteiger partial charge in [-0.1, -0.05) is 99.6 Å². The Labute approximate surface area is 188 Å². The molecule has 0 saturated heterocycles. The summed E-state index contributed by atoms with van der Waals surface area (Å²) in [6.45, 7) is 6.80. The molecule has 0 spiro atoms. The molecule has 3 aromatic rings. The SMILES string of the molecule is CC(C)(C)c1ccccc1-c1ccc(-c2ccccc2)cc1.O=S(=O)(O)C(F)(F)F.S. The normalized spacial score (nSPS) is 11.7. The van der Waals surface area contributed by atoms with Crippen LogP contribution in [0.15, 0.2) is 78.9 Å². The van der Waals surface area contributed by atoms with Crippen molar-refractivity contribution in [2.75, 3.05) is 0 Å². The van der Waals surface area contributed by atoms with Crippen LogP contribution in [0.25, 0.3) is 22.3 Å². The summed E-state index contributed by atoms with van der Waals surface area (Å²) >= 11 is 0. The summed E-state index contributed by atoms with van der Waals surface area (Å²) in [5, 5.41) is 0. The molecule has 0 fully saturated rings. The topological polar surface area (TPSA) is 54.4 Å². The molecule has 0 aliphatic carbocycles. The maximum Gasteiger partial charge on any atom is 0.522 e. The average Bonchev–Trinajstić information content (AvgIpc) is 2.67. The van der Waals surface area contributed by atoms with Crippen LogP contribution < -0.4 is 0 Å². The van der Waals surface area contributed by atoms with Crippen LogP contribution in [0.1, 0.15) is 26.3 Å². The highest BCUT2D eigenvalue weighted by molar-refractivity contribution is 7.86. The Morgan fingerprint density at radius 3 is 1.52 bits per heavy atom. The molecule has 0 unspecified atom stereocenters. The van der Waals surface area contributed by atoms with Gasteiger partial charge in [0, 0.05) is 0 Å². The average molecular weight is 471 g/mol. The standard InChI is InChI=1S/C22H22.CHF3O3S.H2S/c1-22(2,3)21-12-8-7-11-20(21)19-15-13-18(14-16-19)17-9-5-4-6-10-17;2-1(3,4)8(5,6)7;/h4-16H,1-3H3;(H,5,6,7);1H2. The van der Waals surface area contributed by atoms with Crippen molar-refractivity contribution >= 4 is 23.6 Å². The first-order valence-electron chi connectivity index (χ1n) is 9.10. The molecule has 168 valence electrons. The smallest absolute Gasteiger partial charge is 0.279 e. The van der Waals surface area contributed by atoms with Crippen molar-refractivity contribution in [3.05, 3.63) is 84.4 Å². The summed E-state index contributed by atoms with van der Waals surface area (Å²) in [5.74, 6) is 0. The molecule has 0 atom stereocenters. The highest BCUT2D eigenvalue weighted by Gasteiger charge is 2.44. The second-order valence-corrected chi connectivity index (χ2v) is 9.07. The maximum atomic E-state index is 10.7. The number of benzene rings is 3. The van der Waals surface area contributed by atoms with Crippen molar-refractivity contribution in [3.8, 4) is 22.3 Å². The zero-order chi connectivity index (χ0) is 22.6. The van der Waals surface area contributed by atoms with Gasteiger partial charge in [-0.2, -0.15) is 35.1 Å². The lowest BCUT2D eigenvalue weighted by molar-refractivity contribution is -0.0510. The van der Waals surface area contributed by atoms with E-state index in [0.29, 0.717) is 0 Å². The molecular weight excluding hydrogens is 445 g/mol. The third kappa shape index (κ3) is 7.41. The Kier molecular flexibility index (Phi) is 8.93. The van der Waals surface area contributed by atoms with Crippen molar-refractivity contribution in [1.82, 2.24) is 0 Å². The van der Waals surface area contributed by atoms with E-state index in [-0.39, 0.29) is 18.9 Å². The molecule has 0 aliphatic heterocycles. The fourth-order valence-corrected chi connectivity index (χ4v) is 2.86. The van der Waals surface area contributed by atoms with E-state index < -0.39 is 15.6 Å². The van der Waals surface area contributed by atoms with E-state index in [1.165, 1.54) is 27.8 Å². The molecule has 0 heterocycles. The second-order valence-electron chi connectivity index (χ2n) is 7.66. The Bertz CT molecular complexity index is 1070. The largest absolute Gasteiger partial charge is 0.522 e. The number of hydrogen-bond donors (Lipinski definition) is 1. The molecule has 0 amide bonds. The van der Waals surface area contributed by atoms with Crippen LogP contribution in [-0.2, 0) is 15.5 Å². The van der Waals surface area contributed by atoms with Crippen LogP contribution in [0.5, 0.6) is 0 Å². The first-order chi connectivity index (χ1) is 13.8. The van der Waals surface area contributed by atoms with E-state index in [1.807, 2.05) is 0 Å². The van der Waals surface area contributed by atoms with Crippen LogP contribution in [0.2, 0.25) is 0 Å². The fraction of sp³-hybridized carbons (Fsp3) is 0.217. The first kappa shape index (κ1) is 26.7. The van der Waals surface area contributed by atoms with Gasteiger partial charge in [-0.15, -0.1) is 0 Å². The molecule has 0 aliphatic rings. The van der Waals surface area contributed by atoms with Gasteiger partial charge in [0.25, 0.3) is 0 Å². The monoisotopic (exact) mass is 470 g/mol. The molecule has 0 radical (unpaired) electrons. The van der Waals surface area contributed by atoms with Crippen molar-refractivity contribution < 1.29 is 26.1 Å². The van der Waals surface area contributed by atoms with Gasteiger partial charge in [0.2, 0.25) is 0 Å². The van der Waals surface area contributed by atoms with Gasteiger partial charge in [0.1, 0.15) is 0 Å². The number of halogens is 3. The van der Waals surface area contributed by atoms with Crippen LogP contribution in [0.4, 0.5) is 13.2 Å². The van der Waals surface area contributed by atoms with E-state index >= 15 is 0 Å². The second kappa shape index (κ2) is 10.3. The quantitative estimate of drug-likeness (QED) is 0.330. The van der Waals surface area contributed by atoms with Crippen LogP contribution in [-0.4, -0.2) is 18.5 Å². The highest BCUT2D eigenvalue weighted by atomic mass is 32.2. The zero-order valence-corrected chi connectivity index (χ0v) is 19.1. The minimum absolute atomic E-state index is 0. The van der Waals surface area contributed by atoms with Gasteiger partial charge in [-0.3, -0.25) is 4.55 Å². The molecule has 3 nitrogen and oxygen atoms in total. The summed E-state index contributed by atoms with van der Waals surface area (Å²) in [4.78, 5) is 0. The third-order valence-corrected chi connectivity index (χ3v) is 4.92. The molecule has 8 heteroatoms. The first-order valence-corrected chi connectivity index (χ1v) is 10.5. The minimum Gasteiger partial charge on any atom is -0.279 e. The number of hydrogen-bond acceptors (Lipinski definition) is 2. The molecule has 0 bridgehead atoms. The Balaban J connectivity index is 0.000000461. The Morgan fingerprint density at radius 2 is 1.06 bits per heavy atom. The van der Waals surface area contributed by atoms with Crippen molar-refractivity contribution in [2.45, 2.75) is 31.7 Å². The van der Waals surface area contributed by atoms with E-state index in [2.05, 4.69) is 99.6 Å². The molecule has 31 heavy (non-hydrogen) atoms. The summed E-state index contributed by atoms with van der Waals surface area (Å²) in [6, 6.07) is 28.1. The predicted octanol–water partition coefficient (Wildman–Crippen LogP) is 6.82. The summed E-state index contributed by atoms with van der Waals surface area (Å²) in [7, 11) is -5.84. The summed E-state index contributed by atoms with van der Waals surface area (Å²) in [5.41, 5.74) is 1.14. The van der Waals surface area contributed by atoms with E-state index in [4.69, 9.17) is 13.0 Å². The summed E-state index contributed by atoms with van der Waals surface area (Å²) in [6.07, 6.45) is 0. The van der Waals surface area contributed by atoms with Crippen LogP contribution in [0.3, 0.4) is 0 Å². The predicted molar refractivity (Wildman–Crippen MR) is 124 cm³/mol. The van der Waals surface area contributed by atoms with E-state index in [1.54, 1.807) is 0 Å². The maximum absolute atomic E-state index is 10.7. The van der Waals surface area contributed by atoms with Gasteiger partial charge in [0.05, 0.1) is 0 Å². The molecule has 1 N–H and O–H groups in total. The van der Waals surface area contributed by atoms with Gasteiger partial charge in [0.15, 0.2) is 0 Å². The van der Waals surface area contributed by atoms with Gasteiger partial charge >= 0.3 is 15.6 Å². The van der Waals surface area contributed by atoms with Crippen molar-refractivity contribution in [3.63, 3.8) is 0 Å².